The van der Waals surface area contributed by atoms with Gasteiger partial charge in [0, 0.05) is 23.6 Å². The molecule has 2 nitrogen and oxygen atoms in total. The van der Waals surface area contributed by atoms with Gasteiger partial charge in [-0.3, -0.25) is 0 Å². The normalized spacial score (nSPS) is 19.1. The average molecular weight is 371 g/mol. The van der Waals surface area contributed by atoms with Gasteiger partial charge in [-0.1, -0.05) is 42.0 Å². The Labute approximate surface area is 161 Å². The molecule has 2 aromatic carbocycles. The van der Waals surface area contributed by atoms with Crippen molar-refractivity contribution in [1.82, 2.24) is 0 Å². The molecule has 0 aliphatic heterocycles. The van der Waals surface area contributed by atoms with Crippen LogP contribution in [0, 0.1) is 19.8 Å². The van der Waals surface area contributed by atoms with Crippen LogP contribution in [-0.2, 0) is 17.8 Å². The van der Waals surface area contributed by atoms with Gasteiger partial charge < -0.3 is 9.47 Å². The van der Waals surface area contributed by atoms with Crippen LogP contribution < -0.4 is 4.74 Å². The molecule has 0 amide bonds. The topological polar surface area (TPSA) is 18.5 Å². The van der Waals surface area contributed by atoms with Gasteiger partial charge >= 0.3 is 0 Å². The highest BCUT2D eigenvalue weighted by Crippen LogP contribution is 2.45. The molecule has 0 aromatic heterocycles. The lowest BCUT2D eigenvalue weighted by atomic mass is 9.75. The molecule has 0 saturated carbocycles. The van der Waals surface area contributed by atoms with E-state index in [1.807, 2.05) is 24.3 Å². The monoisotopic (exact) mass is 370 g/mol. The summed E-state index contributed by atoms with van der Waals surface area (Å²) in [6.07, 6.45) is 2.18. The Morgan fingerprint density at radius 1 is 1.27 bits per heavy atom. The summed E-state index contributed by atoms with van der Waals surface area (Å²) in [5, 5.41) is 0.733. The lowest BCUT2D eigenvalue weighted by Gasteiger charge is -2.35. The Balaban J connectivity index is 1.96. The second-order valence-corrected chi connectivity index (χ2v) is 7.64. The van der Waals surface area contributed by atoms with E-state index in [1.54, 1.807) is 7.11 Å². The van der Waals surface area contributed by atoms with Gasteiger partial charge in [-0.05, 0) is 68.0 Å². The summed E-state index contributed by atoms with van der Waals surface area (Å²) in [5.41, 5.74) is 7.28. The fraction of sp³-hybridized carbons (Fsp3) is 0.391. The maximum Gasteiger partial charge on any atom is 0.123 e. The molecule has 2 atom stereocenters. The first-order chi connectivity index (χ1) is 12.4. The highest BCUT2D eigenvalue weighted by molar-refractivity contribution is 6.31. The molecule has 138 valence electrons. The minimum absolute atomic E-state index is 0.0406. The van der Waals surface area contributed by atoms with Crippen LogP contribution >= 0.6 is 11.6 Å². The third kappa shape index (κ3) is 3.54. The molecular weight excluding hydrogens is 344 g/mol. The maximum absolute atomic E-state index is 6.27. The molecule has 0 saturated heterocycles. The molecule has 3 heteroatoms. The summed E-state index contributed by atoms with van der Waals surface area (Å²) < 4.78 is 12.1. The summed E-state index contributed by atoms with van der Waals surface area (Å²) in [6, 6.07) is 9.95. The number of methoxy groups -OCH3 is 1. The Kier molecular flexibility index (Phi) is 5.74. The molecule has 1 aliphatic carbocycles. The zero-order valence-electron chi connectivity index (χ0n) is 16.1. The second kappa shape index (κ2) is 7.85. The number of ether oxygens (including phenoxy) is 2. The summed E-state index contributed by atoms with van der Waals surface area (Å²) >= 11 is 6.27. The van der Waals surface area contributed by atoms with Crippen LogP contribution in [0.5, 0.6) is 5.75 Å². The lowest BCUT2D eigenvalue weighted by Crippen LogP contribution is -2.25. The number of aryl methyl sites for hydroxylation is 1. The van der Waals surface area contributed by atoms with Crippen molar-refractivity contribution in [2.45, 2.75) is 46.3 Å². The summed E-state index contributed by atoms with van der Waals surface area (Å²) in [6.45, 7) is 11.0. The van der Waals surface area contributed by atoms with Crippen LogP contribution in [0.25, 0.3) is 0 Å². The Bertz CT molecular complexity index is 825. The molecule has 1 aliphatic rings. The van der Waals surface area contributed by atoms with Crippen LogP contribution in [0.15, 0.2) is 42.5 Å². The van der Waals surface area contributed by atoms with E-state index in [0.29, 0.717) is 12.5 Å². The summed E-state index contributed by atoms with van der Waals surface area (Å²) in [5.74, 6) is 1.26. The molecule has 0 fully saturated rings. The standard InChI is InChI=1S/C23H27ClO2/c1-14(2)18-10-11-19-15(3)12-21(16(4)22(19)23(18)25-5)26-13-17-8-6-7-9-20(17)24/h6-9,12,18,23H,1,10-11,13H2,2-5H3/t18-,23+/m0/s1. The van der Waals surface area contributed by atoms with Gasteiger partial charge in [-0.25, -0.2) is 0 Å². The maximum atomic E-state index is 6.27. The highest BCUT2D eigenvalue weighted by Gasteiger charge is 2.33. The number of hydrogen-bond acceptors (Lipinski definition) is 2. The van der Waals surface area contributed by atoms with Crippen LogP contribution in [-0.4, -0.2) is 7.11 Å². The van der Waals surface area contributed by atoms with Gasteiger partial charge in [0.2, 0.25) is 0 Å². The van der Waals surface area contributed by atoms with Crippen molar-refractivity contribution in [3.63, 3.8) is 0 Å². The number of hydrogen-bond donors (Lipinski definition) is 0. The van der Waals surface area contributed by atoms with Gasteiger partial charge in [0.1, 0.15) is 12.4 Å². The average Bonchev–Trinajstić information content (AvgIpc) is 2.63. The molecule has 3 rings (SSSR count). The number of rotatable bonds is 5. The van der Waals surface area contributed by atoms with Gasteiger partial charge in [0.05, 0.1) is 6.10 Å². The van der Waals surface area contributed by atoms with Crippen LogP contribution in [0.1, 0.15) is 47.3 Å². The number of halogens is 1. The van der Waals surface area contributed by atoms with E-state index in [2.05, 4.69) is 33.4 Å². The van der Waals surface area contributed by atoms with E-state index in [4.69, 9.17) is 21.1 Å². The first-order valence-electron chi connectivity index (χ1n) is 9.11. The smallest absolute Gasteiger partial charge is 0.123 e. The Morgan fingerprint density at radius 2 is 2.00 bits per heavy atom. The van der Waals surface area contributed by atoms with Crippen molar-refractivity contribution < 1.29 is 9.47 Å². The van der Waals surface area contributed by atoms with Gasteiger partial charge in [0.15, 0.2) is 0 Å². The van der Waals surface area contributed by atoms with Gasteiger partial charge in [0.25, 0.3) is 0 Å². The van der Waals surface area contributed by atoms with Crippen molar-refractivity contribution in [1.29, 1.82) is 0 Å². The van der Waals surface area contributed by atoms with Gasteiger partial charge in [-0.15, -0.1) is 0 Å². The van der Waals surface area contributed by atoms with Crippen molar-refractivity contribution in [3.8, 4) is 5.75 Å². The zero-order valence-corrected chi connectivity index (χ0v) is 16.8. The molecule has 0 N–H and O–H groups in total. The van der Waals surface area contributed by atoms with E-state index < -0.39 is 0 Å². The molecule has 0 spiro atoms. The second-order valence-electron chi connectivity index (χ2n) is 7.24. The van der Waals surface area contributed by atoms with Crippen molar-refractivity contribution >= 4 is 11.6 Å². The van der Waals surface area contributed by atoms with E-state index in [9.17, 15) is 0 Å². The van der Waals surface area contributed by atoms with Crippen LogP contribution in [0.4, 0.5) is 0 Å². The lowest BCUT2D eigenvalue weighted by molar-refractivity contribution is 0.0537. The van der Waals surface area contributed by atoms with E-state index in [1.165, 1.54) is 22.3 Å². The van der Waals surface area contributed by atoms with Crippen molar-refractivity contribution in [2.75, 3.05) is 7.11 Å². The third-order valence-electron chi connectivity index (χ3n) is 5.51. The van der Waals surface area contributed by atoms with E-state index in [-0.39, 0.29) is 6.10 Å². The van der Waals surface area contributed by atoms with E-state index in [0.717, 1.165) is 34.7 Å². The number of fused-ring (bicyclic) bond motifs is 1. The first kappa shape index (κ1) is 19.0. The molecule has 0 unspecified atom stereocenters. The zero-order chi connectivity index (χ0) is 18.8. The molecule has 0 radical (unpaired) electrons. The van der Waals surface area contributed by atoms with Crippen LogP contribution in [0.2, 0.25) is 5.02 Å². The number of benzene rings is 2. The minimum atomic E-state index is 0.0406. The quantitative estimate of drug-likeness (QED) is 0.570. The minimum Gasteiger partial charge on any atom is -0.489 e. The van der Waals surface area contributed by atoms with E-state index >= 15 is 0 Å². The fourth-order valence-corrected chi connectivity index (χ4v) is 4.23. The Morgan fingerprint density at radius 3 is 2.65 bits per heavy atom. The first-order valence-corrected chi connectivity index (χ1v) is 9.49. The largest absolute Gasteiger partial charge is 0.489 e. The molecule has 2 aromatic rings. The fourth-order valence-electron chi connectivity index (χ4n) is 4.04. The van der Waals surface area contributed by atoms with Gasteiger partial charge in [-0.2, -0.15) is 0 Å². The third-order valence-corrected chi connectivity index (χ3v) is 5.87. The predicted octanol–water partition coefficient (Wildman–Crippen LogP) is 6.36. The molecule has 0 bridgehead atoms. The summed E-state index contributed by atoms with van der Waals surface area (Å²) in [7, 11) is 1.79. The summed E-state index contributed by atoms with van der Waals surface area (Å²) in [4.78, 5) is 0. The SMILES string of the molecule is C=C(C)[C@@H]1CCc2c(C)cc(OCc3ccccc3Cl)c(C)c2[C@@H]1OC. The highest BCUT2D eigenvalue weighted by atomic mass is 35.5. The van der Waals surface area contributed by atoms with Crippen molar-refractivity contribution in [3.05, 3.63) is 75.3 Å². The predicted molar refractivity (Wildman–Crippen MR) is 108 cm³/mol. The Hall–Kier alpha value is -1.77. The molecular formula is C23H27ClO2. The van der Waals surface area contributed by atoms with Crippen LogP contribution in [0.3, 0.4) is 0 Å². The molecule has 26 heavy (non-hydrogen) atoms. The van der Waals surface area contributed by atoms with Crippen molar-refractivity contribution in [2.24, 2.45) is 5.92 Å². The molecule has 0 heterocycles.